The molecule has 1 aliphatic heterocycles. The molecular weight excluding hydrogens is 382 g/mol. The Labute approximate surface area is 174 Å². The van der Waals surface area contributed by atoms with Gasteiger partial charge >= 0.3 is 5.97 Å². The van der Waals surface area contributed by atoms with Gasteiger partial charge in [-0.2, -0.15) is 0 Å². The van der Waals surface area contributed by atoms with Crippen LogP contribution in [0.3, 0.4) is 0 Å². The Kier molecular flexibility index (Phi) is 5.34. The molecule has 1 aliphatic rings. The van der Waals surface area contributed by atoms with Crippen molar-refractivity contribution in [3.8, 4) is 5.75 Å². The molecule has 3 heterocycles. The van der Waals surface area contributed by atoms with Crippen molar-refractivity contribution in [2.45, 2.75) is 13.5 Å². The zero-order valence-corrected chi connectivity index (χ0v) is 16.7. The summed E-state index contributed by atoms with van der Waals surface area (Å²) in [6.45, 7) is 2.39. The second kappa shape index (κ2) is 8.24. The number of nitrogens with zero attached hydrogens (tertiary/aromatic N) is 3. The topological polar surface area (TPSA) is 88.2 Å². The lowest BCUT2D eigenvalue weighted by molar-refractivity contribution is 0.0523. The van der Waals surface area contributed by atoms with Crippen LogP contribution in [0, 0.1) is 0 Å². The number of hydrogen-bond donors (Lipinski definition) is 1. The Balaban J connectivity index is 1.74. The molecule has 1 aromatic carbocycles. The van der Waals surface area contributed by atoms with E-state index in [-0.39, 0.29) is 29.6 Å². The lowest BCUT2D eigenvalue weighted by Crippen LogP contribution is -2.19. The molecule has 0 aliphatic carbocycles. The molecule has 1 N–H and O–H groups in total. The number of aliphatic imine (C=N–C) groups is 1. The number of hydrogen-bond acceptors (Lipinski definition) is 7. The second-order valence-electron chi connectivity index (χ2n) is 6.79. The van der Waals surface area contributed by atoms with Gasteiger partial charge in [-0.1, -0.05) is 30.3 Å². The van der Waals surface area contributed by atoms with Crippen LogP contribution in [0.1, 0.15) is 34.2 Å². The number of aromatic hydroxyl groups is 1. The Hall–Kier alpha value is -3.87. The van der Waals surface area contributed by atoms with E-state index in [0.717, 1.165) is 16.7 Å². The molecule has 0 amide bonds. The number of allylic oxidation sites excluding steroid dienone is 1. The summed E-state index contributed by atoms with van der Waals surface area (Å²) in [6.07, 6.45) is 4.96. The molecule has 0 saturated heterocycles. The first-order valence-electron chi connectivity index (χ1n) is 9.57. The molecule has 7 nitrogen and oxygen atoms in total. The number of fused-ring (bicyclic) bond motifs is 1. The number of benzene rings is 1. The molecular formula is C23H21N3O4. The van der Waals surface area contributed by atoms with Crippen molar-refractivity contribution in [1.29, 1.82) is 0 Å². The van der Waals surface area contributed by atoms with E-state index in [0.29, 0.717) is 12.4 Å². The minimum atomic E-state index is -0.638. The zero-order valence-electron chi connectivity index (χ0n) is 16.7. The highest BCUT2D eigenvalue weighted by Gasteiger charge is 2.29. The highest BCUT2D eigenvalue weighted by atomic mass is 16.5. The van der Waals surface area contributed by atoms with Crippen molar-refractivity contribution in [3.05, 3.63) is 71.1 Å². The normalized spacial score (nSPS) is 13.5. The SMILES string of the molecule is CCOC(=O)c1c(N(C)Cc2ccccc2)oc(C=C2C=Nc3ncccc32)c1O. The molecule has 152 valence electrons. The second-order valence-corrected chi connectivity index (χ2v) is 6.79. The van der Waals surface area contributed by atoms with Crippen LogP contribution in [0.4, 0.5) is 11.7 Å². The van der Waals surface area contributed by atoms with Crippen LogP contribution in [0.25, 0.3) is 11.6 Å². The maximum atomic E-state index is 12.6. The van der Waals surface area contributed by atoms with Crippen LogP contribution in [0.15, 0.2) is 58.1 Å². The van der Waals surface area contributed by atoms with E-state index < -0.39 is 5.97 Å². The third-order valence-corrected chi connectivity index (χ3v) is 4.69. The number of ether oxygens (including phenoxy) is 1. The minimum Gasteiger partial charge on any atom is -0.504 e. The van der Waals surface area contributed by atoms with Crippen LogP contribution in [-0.4, -0.2) is 35.9 Å². The fraction of sp³-hybridized carbons (Fsp3) is 0.174. The molecule has 7 heteroatoms. The van der Waals surface area contributed by atoms with Gasteiger partial charge in [-0.05, 0) is 30.7 Å². The van der Waals surface area contributed by atoms with Crippen molar-refractivity contribution < 1.29 is 19.1 Å². The highest BCUT2D eigenvalue weighted by molar-refractivity contribution is 6.21. The van der Waals surface area contributed by atoms with E-state index in [9.17, 15) is 9.90 Å². The number of esters is 1. The van der Waals surface area contributed by atoms with Crippen molar-refractivity contribution in [2.24, 2.45) is 4.99 Å². The third kappa shape index (κ3) is 3.69. The molecule has 0 saturated carbocycles. The van der Waals surface area contributed by atoms with Gasteiger partial charge in [-0.25, -0.2) is 14.8 Å². The quantitative estimate of drug-likeness (QED) is 0.612. The summed E-state index contributed by atoms with van der Waals surface area (Å²) in [4.78, 5) is 22.8. The lowest BCUT2D eigenvalue weighted by atomic mass is 10.1. The number of pyridine rings is 1. The Morgan fingerprint density at radius 2 is 2.03 bits per heavy atom. The highest BCUT2D eigenvalue weighted by Crippen LogP contribution is 2.39. The van der Waals surface area contributed by atoms with Gasteiger partial charge in [0.1, 0.15) is 0 Å². The van der Waals surface area contributed by atoms with Gasteiger partial charge in [0.05, 0.1) is 6.61 Å². The number of carbonyl (C=O) groups excluding carboxylic acids is 1. The molecule has 3 aromatic rings. The van der Waals surface area contributed by atoms with Crippen LogP contribution < -0.4 is 4.90 Å². The van der Waals surface area contributed by atoms with E-state index in [1.54, 1.807) is 37.4 Å². The zero-order chi connectivity index (χ0) is 21.1. The lowest BCUT2D eigenvalue weighted by Gasteiger charge is -2.17. The molecule has 0 atom stereocenters. The standard InChI is InChI=1S/C23H21N3O4/c1-3-29-23(28)19-20(27)18(12-16-13-25-21-17(16)10-7-11-24-21)30-22(19)26(2)14-15-8-5-4-6-9-15/h4-13,27H,3,14H2,1-2H3. The molecule has 4 rings (SSSR count). The van der Waals surface area contributed by atoms with Crippen molar-refractivity contribution >= 4 is 35.5 Å². The summed E-state index contributed by atoms with van der Waals surface area (Å²) in [5.74, 6) is 0.0954. The molecule has 2 aromatic heterocycles. The maximum Gasteiger partial charge on any atom is 0.347 e. The van der Waals surface area contributed by atoms with E-state index in [1.807, 2.05) is 42.5 Å². The van der Waals surface area contributed by atoms with E-state index >= 15 is 0 Å². The van der Waals surface area contributed by atoms with E-state index in [2.05, 4.69) is 9.98 Å². The van der Waals surface area contributed by atoms with Crippen LogP contribution in [0.2, 0.25) is 0 Å². The van der Waals surface area contributed by atoms with E-state index in [4.69, 9.17) is 9.15 Å². The van der Waals surface area contributed by atoms with Gasteiger partial charge in [-0.15, -0.1) is 0 Å². The fourth-order valence-corrected chi connectivity index (χ4v) is 3.29. The number of furan rings is 1. The Bertz CT molecular complexity index is 1130. The molecule has 0 spiro atoms. The maximum absolute atomic E-state index is 12.6. The predicted octanol–water partition coefficient (Wildman–Crippen LogP) is 4.45. The van der Waals surface area contributed by atoms with Gasteiger partial charge in [0.2, 0.25) is 5.88 Å². The van der Waals surface area contributed by atoms with Crippen molar-refractivity contribution in [2.75, 3.05) is 18.6 Å². The molecule has 0 bridgehead atoms. The Morgan fingerprint density at radius 3 is 2.80 bits per heavy atom. The van der Waals surface area contributed by atoms with E-state index in [1.165, 1.54) is 0 Å². The predicted molar refractivity (Wildman–Crippen MR) is 115 cm³/mol. The van der Waals surface area contributed by atoms with Crippen molar-refractivity contribution in [1.82, 2.24) is 4.98 Å². The average molecular weight is 403 g/mol. The summed E-state index contributed by atoms with van der Waals surface area (Å²) >= 11 is 0. The number of anilines is 1. The van der Waals surface area contributed by atoms with Gasteiger partial charge in [0.15, 0.2) is 22.9 Å². The third-order valence-electron chi connectivity index (χ3n) is 4.69. The van der Waals surface area contributed by atoms with Gasteiger partial charge in [-0.3, -0.25) is 0 Å². The van der Waals surface area contributed by atoms with Crippen LogP contribution in [-0.2, 0) is 11.3 Å². The monoisotopic (exact) mass is 403 g/mol. The number of carbonyl (C=O) groups is 1. The smallest absolute Gasteiger partial charge is 0.347 e. The number of aromatic nitrogens is 1. The summed E-state index contributed by atoms with van der Waals surface area (Å²) in [5, 5.41) is 10.8. The van der Waals surface area contributed by atoms with Crippen LogP contribution >= 0.6 is 0 Å². The first-order chi connectivity index (χ1) is 14.6. The van der Waals surface area contributed by atoms with Gasteiger partial charge < -0.3 is 19.2 Å². The average Bonchev–Trinajstić information content (AvgIpc) is 3.31. The summed E-state index contributed by atoms with van der Waals surface area (Å²) in [5.41, 5.74) is 2.59. The molecule has 30 heavy (non-hydrogen) atoms. The minimum absolute atomic E-state index is 0.00322. The van der Waals surface area contributed by atoms with Gasteiger partial charge in [0, 0.05) is 37.1 Å². The summed E-state index contributed by atoms with van der Waals surface area (Å²) in [6, 6.07) is 13.5. The van der Waals surface area contributed by atoms with Gasteiger partial charge in [0.25, 0.3) is 0 Å². The van der Waals surface area contributed by atoms with Crippen molar-refractivity contribution in [3.63, 3.8) is 0 Å². The first kappa shape index (κ1) is 19.4. The Morgan fingerprint density at radius 1 is 1.23 bits per heavy atom. The first-order valence-corrected chi connectivity index (χ1v) is 9.57. The molecule has 0 unspecified atom stereocenters. The molecule has 0 fully saturated rings. The number of rotatable bonds is 6. The fourth-order valence-electron chi connectivity index (χ4n) is 3.29. The molecule has 0 radical (unpaired) electrons. The summed E-state index contributed by atoms with van der Waals surface area (Å²) in [7, 11) is 1.79. The largest absolute Gasteiger partial charge is 0.504 e. The van der Waals surface area contributed by atoms with Crippen LogP contribution in [0.5, 0.6) is 5.75 Å². The summed E-state index contributed by atoms with van der Waals surface area (Å²) < 4.78 is 11.1.